The first-order valence-corrected chi connectivity index (χ1v) is 5.61. The maximum atomic E-state index is 5.56. The van der Waals surface area contributed by atoms with E-state index in [1.165, 1.54) is 11.1 Å². The smallest absolute Gasteiger partial charge is 0.123 e. The molecule has 0 aromatic heterocycles. The van der Waals surface area contributed by atoms with Gasteiger partial charge in [0.25, 0.3) is 0 Å². The highest BCUT2D eigenvalue weighted by Gasteiger charge is 2.21. The summed E-state index contributed by atoms with van der Waals surface area (Å²) < 4.78 is 6.69. The Kier molecular flexibility index (Phi) is 2.56. The van der Waals surface area contributed by atoms with E-state index in [-0.39, 0.29) is 0 Å². The second kappa shape index (κ2) is 3.54. The van der Waals surface area contributed by atoms with Crippen LogP contribution in [0.2, 0.25) is 0 Å². The van der Waals surface area contributed by atoms with Crippen LogP contribution in [0.5, 0.6) is 5.75 Å². The van der Waals surface area contributed by atoms with Crippen LogP contribution in [0.3, 0.4) is 0 Å². The van der Waals surface area contributed by atoms with Gasteiger partial charge in [-0.15, -0.1) is 0 Å². The molecule has 0 N–H and O–H groups in total. The van der Waals surface area contributed by atoms with E-state index in [0.717, 1.165) is 23.2 Å². The fourth-order valence-electron chi connectivity index (χ4n) is 1.64. The van der Waals surface area contributed by atoms with E-state index in [9.17, 15) is 0 Å². The summed E-state index contributed by atoms with van der Waals surface area (Å²) in [5.41, 5.74) is 2.49. The summed E-state index contributed by atoms with van der Waals surface area (Å²) in [6.07, 6.45) is 0.993. The van der Waals surface area contributed by atoms with Crippen molar-refractivity contribution in [3.8, 4) is 5.75 Å². The van der Waals surface area contributed by atoms with Gasteiger partial charge in [0, 0.05) is 15.3 Å². The monoisotopic (exact) mass is 258 g/mol. The maximum Gasteiger partial charge on any atom is 0.123 e. The van der Waals surface area contributed by atoms with Gasteiger partial charge >= 0.3 is 0 Å². The van der Waals surface area contributed by atoms with Crippen molar-refractivity contribution >= 4 is 28.6 Å². The molecule has 2 rings (SSSR count). The highest BCUT2D eigenvalue weighted by Crippen LogP contribution is 2.40. The molecule has 70 valence electrons. The summed E-state index contributed by atoms with van der Waals surface area (Å²) in [6, 6.07) is 4.04. The molecular formula is C10H11BrOS. The van der Waals surface area contributed by atoms with Gasteiger partial charge < -0.3 is 4.74 Å². The largest absolute Gasteiger partial charge is 0.493 e. The highest BCUT2D eigenvalue weighted by atomic mass is 79.9. The molecule has 0 radical (unpaired) electrons. The van der Waals surface area contributed by atoms with Crippen molar-refractivity contribution in [3.63, 3.8) is 0 Å². The van der Waals surface area contributed by atoms with E-state index in [1.54, 1.807) is 0 Å². The molecule has 0 spiro atoms. The number of fused-ring (bicyclic) bond motifs is 1. The van der Waals surface area contributed by atoms with Gasteiger partial charge in [-0.3, -0.25) is 0 Å². The van der Waals surface area contributed by atoms with Crippen molar-refractivity contribution in [1.82, 2.24) is 0 Å². The molecule has 0 fully saturated rings. The molecule has 13 heavy (non-hydrogen) atoms. The minimum Gasteiger partial charge on any atom is -0.493 e. The Labute approximate surface area is 92.0 Å². The van der Waals surface area contributed by atoms with Crippen LogP contribution in [0.15, 0.2) is 16.6 Å². The maximum absolute atomic E-state index is 5.56. The minimum absolute atomic E-state index is 0.321. The summed E-state index contributed by atoms with van der Waals surface area (Å²) in [7, 11) is 0. The zero-order valence-corrected chi connectivity index (χ0v) is 9.86. The Hall–Kier alpha value is -0.150. The molecule has 1 aromatic rings. The van der Waals surface area contributed by atoms with Crippen LogP contribution >= 0.6 is 28.6 Å². The van der Waals surface area contributed by atoms with E-state index in [1.807, 2.05) is 12.1 Å². The predicted octanol–water partition coefficient (Wildman–Crippen LogP) is 3.51. The van der Waals surface area contributed by atoms with Gasteiger partial charge in [-0.2, -0.15) is 12.6 Å². The number of halogens is 1. The molecule has 1 aliphatic rings. The molecule has 0 saturated carbocycles. The summed E-state index contributed by atoms with van der Waals surface area (Å²) >= 11 is 8.07. The molecule has 3 heteroatoms. The number of hydrogen-bond acceptors (Lipinski definition) is 2. The van der Waals surface area contributed by atoms with Crippen LogP contribution in [0.1, 0.15) is 22.8 Å². The molecule has 0 amide bonds. The molecule has 1 heterocycles. The Morgan fingerprint density at radius 2 is 2.31 bits per heavy atom. The Morgan fingerprint density at radius 3 is 3.08 bits per heavy atom. The average molecular weight is 259 g/mol. The van der Waals surface area contributed by atoms with Crippen LogP contribution in [-0.4, -0.2) is 6.61 Å². The average Bonchev–Trinajstić information content (AvgIpc) is 2.12. The third-order valence-electron chi connectivity index (χ3n) is 2.39. The van der Waals surface area contributed by atoms with Crippen molar-refractivity contribution < 1.29 is 4.74 Å². The van der Waals surface area contributed by atoms with Crippen molar-refractivity contribution in [2.24, 2.45) is 0 Å². The van der Waals surface area contributed by atoms with Crippen molar-refractivity contribution in [1.29, 1.82) is 0 Å². The fourth-order valence-corrected chi connectivity index (χ4v) is 2.41. The normalized spacial score (nSPS) is 20.7. The number of hydrogen-bond donors (Lipinski definition) is 1. The first-order chi connectivity index (χ1) is 6.20. The number of ether oxygens (including phenoxy) is 1. The molecule has 1 atom stereocenters. The molecule has 0 aliphatic carbocycles. The fraction of sp³-hybridized carbons (Fsp3) is 0.400. The van der Waals surface area contributed by atoms with Crippen LogP contribution in [-0.2, 0) is 0 Å². The molecule has 1 aliphatic heterocycles. The number of benzene rings is 1. The number of thiol groups is 1. The summed E-state index contributed by atoms with van der Waals surface area (Å²) in [4.78, 5) is 0. The Bertz CT molecular complexity index is 338. The van der Waals surface area contributed by atoms with E-state index in [2.05, 4.69) is 35.5 Å². The topological polar surface area (TPSA) is 9.23 Å². The van der Waals surface area contributed by atoms with Crippen LogP contribution < -0.4 is 4.74 Å². The van der Waals surface area contributed by atoms with Crippen LogP contribution in [0, 0.1) is 6.92 Å². The lowest BCUT2D eigenvalue weighted by molar-refractivity contribution is 0.286. The highest BCUT2D eigenvalue weighted by molar-refractivity contribution is 9.10. The summed E-state index contributed by atoms with van der Waals surface area (Å²) in [5.74, 6) is 0.993. The van der Waals surface area contributed by atoms with Crippen LogP contribution in [0.25, 0.3) is 0 Å². The lowest BCUT2D eigenvalue weighted by Crippen LogP contribution is -2.12. The molecular weight excluding hydrogens is 248 g/mol. The zero-order chi connectivity index (χ0) is 9.42. The molecule has 1 unspecified atom stereocenters. The second-order valence-electron chi connectivity index (χ2n) is 3.24. The third kappa shape index (κ3) is 1.59. The lowest BCUT2D eigenvalue weighted by atomic mass is 10.0. The standard InChI is InChI=1S/C10H11BrOS/c1-6-7(11)2-3-8-10(6)9(13)4-5-12-8/h2-3,9,13H,4-5H2,1H3. The van der Waals surface area contributed by atoms with Crippen molar-refractivity contribution in [2.75, 3.05) is 6.61 Å². The molecule has 1 aromatic carbocycles. The van der Waals surface area contributed by atoms with E-state index in [4.69, 9.17) is 4.74 Å². The third-order valence-corrected chi connectivity index (χ3v) is 3.77. The zero-order valence-electron chi connectivity index (χ0n) is 7.38. The Morgan fingerprint density at radius 1 is 1.54 bits per heavy atom. The van der Waals surface area contributed by atoms with Gasteiger partial charge in [0.05, 0.1) is 6.61 Å². The van der Waals surface area contributed by atoms with Gasteiger partial charge in [-0.1, -0.05) is 15.9 Å². The Balaban J connectivity index is 2.58. The van der Waals surface area contributed by atoms with Crippen molar-refractivity contribution in [2.45, 2.75) is 18.6 Å². The molecule has 0 bridgehead atoms. The lowest BCUT2D eigenvalue weighted by Gasteiger charge is -2.24. The SMILES string of the molecule is Cc1c(Br)ccc2c1C(S)CCO2. The first kappa shape index (κ1) is 9.41. The quantitative estimate of drug-likeness (QED) is 0.701. The van der Waals surface area contributed by atoms with Gasteiger partial charge in [-0.25, -0.2) is 0 Å². The first-order valence-electron chi connectivity index (χ1n) is 4.30. The van der Waals surface area contributed by atoms with E-state index >= 15 is 0 Å². The number of rotatable bonds is 0. The summed E-state index contributed by atoms with van der Waals surface area (Å²) in [6.45, 7) is 2.88. The van der Waals surface area contributed by atoms with E-state index < -0.39 is 0 Å². The van der Waals surface area contributed by atoms with Gasteiger partial charge in [0.15, 0.2) is 0 Å². The predicted molar refractivity (Wildman–Crippen MR) is 60.7 cm³/mol. The van der Waals surface area contributed by atoms with Gasteiger partial charge in [-0.05, 0) is 31.0 Å². The molecule has 1 nitrogen and oxygen atoms in total. The van der Waals surface area contributed by atoms with Crippen molar-refractivity contribution in [3.05, 3.63) is 27.7 Å². The summed E-state index contributed by atoms with van der Waals surface area (Å²) in [5, 5.41) is 0.321. The minimum atomic E-state index is 0.321. The van der Waals surface area contributed by atoms with Gasteiger partial charge in [0.2, 0.25) is 0 Å². The second-order valence-corrected chi connectivity index (χ2v) is 4.71. The molecule has 0 saturated heterocycles. The van der Waals surface area contributed by atoms with Crippen LogP contribution in [0.4, 0.5) is 0 Å². The van der Waals surface area contributed by atoms with Gasteiger partial charge in [0.1, 0.15) is 5.75 Å². The van der Waals surface area contributed by atoms with E-state index in [0.29, 0.717) is 5.25 Å².